The van der Waals surface area contributed by atoms with Crippen LogP contribution >= 0.6 is 23.2 Å². The minimum absolute atomic E-state index is 0.108. The van der Waals surface area contributed by atoms with Gasteiger partial charge in [-0.2, -0.15) is 5.26 Å². The van der Waals surface area contributed by atoms with Gasteiger partial charge in [-0.15, -0.1) is 10.2 Å². The lowest BCUT2D eigenvalue weighted by Crippen LogP contribution is -1.90. The molecule has 2 rings (SSSR count). The van der Waals surface area contributed by atoms with Gasteiger partial charge in [0.1, 0.15) is 5.75 Å². The highest BCUT2D eigenvalue weighted by Gasteiger charge is 2.07. The van der Waals surface area contributed by atoms with Gasteiger partial charge in [0.05, 0.1) is 11.6 Å². The second kappa shape index (κ2) is 5.00. The van der Waals surface area contributed by atoms with Crippen molar-refractivity contribution in [1.29, 1.82) is 5.26 Å². The van der Waals surface area contributed by atoms with Crippen LogP contribution in [0.15, 0.2) is 30.3 Å². The second-order valence-electron chi connectivity index (χ2n) is 3.06. The molecule has 0 fully saturated rings. The Labute approximate surface area is 107 Å². The maximum atomic E-state index is 8.75. The van der Waals surface area contributed by atoms with Gasteiger partial charge in [0.25, 0.3) is 0 Å². The number of nitrogens with zero attached hydrogens (tertiary/aromatic N) is 3. The topological polar surface area (TPSA) is 58.8 Å². The molecule has 4 nitrogen and oxygen atoms in total. The number of hydrogen-bond acceptors (Lipinski definition) is 4. The molecule has 0 spiro atoms. The summed E-state index contributed by atoms with van der Waals surface area (Å²) < 4.78 is 5.46. The van der Waals surface area contributed by atoms with Crippen LogP contribution in [0.1, 0.15) is 5.56 Å². The molecule has 1 aromatic carbocycles. The summed E-state index contributed by atoms with van der Waals surface area (Å²) in [6.07, 6.45) is 0. The maximum Gasteiger partial charge on any atom is 0.194 e. The maximum absolute atomic E-state index is 8.75. The van der Waals surface area contributed by atoms with E-state index >= 15 is 0 Å². The zero-order valence-electron chi connectivity index (χ0n) is 8.39. The Morgan fingerprint density at radius 2 is 2.00 bits per heavy atom. The Kier molecular flexibility index (Phi) is 3.43. The minimum Gasteiger partial charge on any atom is -0.454 e. The number of halogens is 2. The Balaban J connectivity index is 2.31. The number of benzene rings is 1. The van der Waals surface area contributed by atoms with Crippen LogP contribution < -0.4 is 4.74 Å². The van der Waals surface area contributed by atoms with Crippen LogP contribution in [0.5, 0.6) is 11.5 Å². The number of nitriles is 1. The fourth-order valence-electron chi connectivity index (χ4n) is 1.17. The summed E-state index contributed by atoms with van der Waals surface area (Å²) in [5.41, 5.74) is 0.492. The zero-order chi connectivity index (χ0) is 12.3. The molecule has 1 aromatic heterocycles. The van der Waals surface area contributed by atoms with Crippen molar-refractivity contribution >= 4 is 23.2 Å². The summed E-state index contributed by atoms with van der Waals surface area (Å²) >= 11 is 11.5. The van der Waals surface area contributed by atoms with Crippen molar-refractivity contribution < 1.29 is 4.74 Å². The molecular formula is C11H5Cl2N3O. The lowest BCUT2D eigenvalue weighted by Gasteiger charge is -2.06. The van der Waals surface area contributed by atoms with Gasteiger partial charge in [-0.1, -0.05) is 29.3 Å². The fraction of sp³-hybridized carbons (Fsp3) is 0. The van der Waals surface area contributed by atoms with Crippen LogP contribution in [0.2, 0.25) is 10.3 Å². The molecule has 0 aliphatic heterocycles. The van der Waals surface area contributed by atoms with Crippen molar-refractivity contribution in [3.8, 4) is 17.6 Å². The average molecular weight is 266 g/mol. The molecule has 0 aliphatic rings. The van der Waals surface area contributed by atoms with Crippen LogP contribution in [0, 0.1) is 11.3 Å². The van der Waals surface area contributed by atoms with Crippen molar-refractivity contribution in [2.75, 3.05) is 0 Å². The highest BCUT2D eigenvalue weighted by molar-refractivity contribution is 6.32. The lowest BCUT2D eigenvalue weighted by atomic mass is 10.2. The molecule has 0 aliphatic carbocycles. The lowest BCUT2D eigenvalue weighted by molar-refractivity contribution is 0.478. The van der Waals surface area contributed by atoms with E-state index in [2.05, 4.69) is 10.2 Å². The number of aromatic nitrogens is 2. The molecular weight excluding hydrogens is 261 g/mol. The molecule has 0 atom stereocenters. The third-order valence-corrected chi connectivity index (χ3v) is 2.32. The zero-order valence-corrected chi connectivity index (χ0v) is 9.90. The Hall–Kier alpha value is -1.83. The van der Waals surface area contributed by atoms with Gasteiger partial charge in [0.15, 0.2) is 16.1 Å². The first-order chi connectivity index (χ1) is 8.19. The van der Waals surface area contributed by atoms with Crippen molar-refractivity contribution in [1.82, 2.24) is 10.2 Å². The van der Waals surface area contributed by atoms with Crippen molar-refractivity contribution in [3.05, 3.63) is 46.2 Å². The van der Waals surface area contributed by atoms with E-state index in [0.29, 0.717) is 17.1 Å². The smallest absolute Gasteiger partial charge is 0.194 e. The van der Waals surface area contributed by atoms with Gasteiger partial charge < -0.3 is 4.74 Å². The van der Waals surface area contributed by atoms with E-state index in [1.807, 2.05) is 6.07 Å². The number of hydrogen-bond donors (Lipinski definition) is 0. The molecule has 0 radical (unpaired) electrons. The first-order valence-electron chi connectivity index (χ1n) is 4.56. The molecule has 0 N–H and O–H groups in total. The van der Waals surface area contributed by atoms with Crippen molar-refractivity contribution in [3.63, 3.8) is 0 Å². The molecule has 0 saturated carbocycles. The standard InChI is InChI=1S/C11H5Cl2N3O/c12-10-5-9(11(13)16-15-10)17-8-3-1-2-7(4-8)6-14/h1-5H. The molecule has 6 heteroatoms. The summed E-state index contributed by atoms with van der Waals surface area (Å²) in [5, 5.41) is 16.2. The summed E-state index contributed by atoms with van der Waals surface area (Å²) in [6.45, 7) is 0. The SMILES string of the molecule is N#Cc1cccc(Oc2cc(Cl)nnc2Cl)c1. The number of ether oxygens (including phenoxy) is 1. The van der Waals surface area contributed by atoms with Crippen LogP contribution in [-0.4, -0.2) is 10.2 Å². The van der Waals surface area contributed by atoms with E-state index in [-0.39, 0.29) is 10.3 Å². The van der Waals surface area contributed by atoms with Crippen LogP contribution in [0.4, 0.5) is 0 Å². The van der Waals surface area contributed by atoms with Crippen molar-refractivity contribution in [2.24, 2.45) is 0 Å². The van der Waals surface area contributed by atoms with Gasteiger partial charge in [0, 0.05) is 6.07 Å². The largest absolute Gasteiger partial charge is 0.454 e. The van der Waals surface area contributed by atoms with Gasteiger partial charge in [-0.05, 0) is 18.2 Å². The predicted octanol–water partition coefficient (Wildman–Crippen LogP) is 3.45. The van der Waals surface area contributed by atoms with Crippen LogP contribution in [-0.2, 0) is 0 Å². The van der Waals surface area contributed by atoms with E-state index < -0.39 is 0 Å². The van der Waals surface area contributed by atoms with E-state index in [4.69, 9.17) is 33.2 Å². The second-order valence-corrected chi connectivity index (χ2v) is 3.81. The van der Waals surface area contributed by atoms with Gasteiger partial charge in [0.2, 0.25) is 0 Å². The van der Waals surface area contributed by atoms with Gasteiger partial charge in [-0.25, -0.2) is 0 Å². The molecule has 2 aromatic rings. The Morgan fingerprint density at radius 3 is 2.76 bits per heavy atom. The van der Waals surface area contributed by atoms with Crippen LogP contribution in [0.25, 0.3) is 0 Å². The average Bonchev–Trinajstić information content (AvgIpc) is 2.34. The molecule has 1 heterocycles. The third-order valence-electron chi connectivity index (χ3n) is 1.88. The van der Waals surface area contributed by atoms with E-state index in [9.17, 15) is 0 Å². The Bertz CT molecular complexity index is 596. The number of rotatable bonds is 2. The first-order valence-corrected chi connectivity index (χ1v) is 5.31. The minimum atomic E-state index is 0.108. The van der Waals surface area contributed by atoms with Crippen LogP contribution in [0.3, 0.4) is 0 Å². The molecule has 0 unspecified atom stereocenters. The summed E-state index contributed by atoms with van der Waals surface area (Å²) in [4.78, 5) is 0. The predicted molar refractivity (Wildman–Crippen MR) is 63.3 cm³/mol. The van der Waals surface area contributed by atoms with E-state index in [1.165, 1.54) is 6.07 Å². The molecule has 0 amide bonds. The van der Waals surface area contributed by atoms with E-state index in [1.54, 1.807) is 24.3 Å². The quantitative estimate of drug-likeness (QED) is 0.835. The Morgan fingerprint density at radius 1 is 1.18 bits per heavy atom. The monoisotopic (exact) mass is 265 g/mol. The molecule has 0 saturated heterocycles. The first kappa shape index (κ1) is 11.6. The third kappa shape index (κ3) is 2.84. The van der Waals surface area contributed by atoms with Crippen molar-refractivity contribution in [2.45, 2.75) is 0 Å². The summed E-state index contributed by atoms with van der Waals surface area (Å²) in [5.74, 6) is 0.775. The van der Waals surface area contributed by atoms with Gasteiger partial charge in [-0.3, -0.25) is 0 Å². The molecule has 0 bridgehead atoms. The normalized spacial score (nSPS) is 9.71. The molecule has 17 heavy (non-hydrogen) atoms. The fourth-order valence-corrected chi connectivity index (χ4v) is 1.43. The summed E-state index contributed by atoms with van der Waals surface area (Å²) in [7, 11) is 0. The highest BCUT2D eigenvalue weighted by atomic mass is 35.5. The van der Waals surface area contributed by atoms with Gasteiger partial charge >= 0.3 is 0 Å². The molecule has 84 valence electrons. The highest BCUT2D eigenvalue weighted by Crippen LogP contribution is 2.29. The summed E-state index contributed by atoms with van der Waals surface area (Å²) in [6, 6.07) is 10.1. The van der Waals surface area contributed by atoms with E-state index in [0.717, 1.165) is 0 Å².